The minimum absolute atomic E-state index is 0. The largest absolute Gasteiger partial charge is 2.00 e. The van der Waals surface area contributed by atoms with Crippen LogP contribution >= 0.6 is 0 Å². The van der Waals surface area contributed by atoms with E-state index in [2.05, 4.69) is 0 Å². The van der Waals surface area contributed by atoms with Crippen molar-refractivity contribution in [3.63, 3.8) is 0 Å². The van der Waals surface area contributed by atoms with Crippen LogP contribution in [0.25, 0.3) is 0 Å². The Morgan fingerprint density at radius 2 is 1.23 bits per heavy atom. The average molecular weight is 246 g/mol. The first-order valence-electron chi connectivity index (χ1n) is 2.65. The van der Waals surface area contributed by atoms with E-state index in [4.69, 9.17) is 35.1 Å². The first-order chi connectivity index (χ1) is 5.64. The van der Waals surface area contributed by atoms with Crippen LogP contribution < -0.4 is 10.2 Å². The molecule has 0 aliphatic carbocycles. The third-order valence-electron chi connectivity index (χ3n) is 0.421. The third-order valence-corrected chi connectivity index (χ3v) is 0.421. The first-order valence-corrected chi connectivity index (χ1v) is 2.65. The Morgan fingerprint density at radius 1 is 1.08 bits per heavy atom. The number of aliphatic hydroxyl groups excluding tert-OH is 3. The molecule has 0 unspecified atom stereocenters. The van der Waals surface area contributed by atoms with Crippen LogP contribution in [0.2, 0.25) is 0 Å². The van der Waals surface area contributed by atoms with Gasteiger partial charge < -0.3 is 35.1 Å². The standard InChI is InChI=1S/C3H8O3.2CH2O2.Cu/c4-1-3(6)2-5;2*2-1-3;/h3-6H,1-2H2;2*1H,(H,2,3);/q;;;+2/p-2. The van der Waals surface area contributed by atoms with Crippen LogP contribution in [-0.4, -0.2) is 47.6 Å². The van der Waals surface area contributed by atoms with Gasteiger partial charge in [0.05, 0.1) is 13.2 Å². The summed E-state index contributed by atoms with van der Waals surface area (Å²) in [7, 11) is 0. The van der Waals surface area contributed by atoms with E-state index in [0.717, 1.165) is 0 Å². The Bertz CT molecular complexity index is 79.0. The number of carbonyl (C=O) groups excluding carboxylic acids is 2. The zero-order valence-electron chi connectivity index (χ0n) is 6.42. The van der Waals surface area contributed by atoms with Crippen LogP contribution in [-0.2, 0) is 26.7 Å². The summed E-state index contributed by atoms with van der Waals surface area (Å²) < 4.78 is 0. The fourth-order valence-electron chi connectivity index (χ4n) is 0.0577. The molecule has 0 fully saturated rings. The van der Waals surface area contributed by atoms with Crippen molar-refractivity contribution in [2.75, 3.05) is 13.2 Å². The quantitative estimate of drug-likeness (QED) is 0.327. The van der Waals surface area contributed by atoms with Crippen molar-refractivity contribution in [1.29, 1.82) is 0 Å². The average Bonchev–Trinajstić information content (AvgIpc) is 2.06. The van der Waals surface area contributed by atoms with Gasteiger partial charge in [0.25, 0.3) is 0 Å². The van der Waals surface area contributed by atoms with Gasteiger partial charge in [0.15, 0.2) is 0 Å². The molecule has 0 saturated carbocycles. The van der Waals surface area contributed by atoms with Crippen LogP contribution in [0, 0.1) is 0 Å². The van der Waals surface area contributed by atoms with E-state index in [1.807, 2.05) is 0 Å². The summed E-state index contributed by atoms with van der Waals surface area (Å²) in [4.78, 5) is 16.5. The van der Waals surface area contributed by atoms with E-state index in [-0.39, 0.29) is 30.3 Å². The molecular formula is C5H10CuO7. The summed E-state index contributed by atoms with van der Waals surface area (Å²) in [6, 6.07) is 0. The Hall–Kier alpha value is -0.661. The Labute approximate surface area is 85.1 Å². The maximum Gasteiger partial charge on any atom is 2.00 e. The smallest absolute Gasteiger partial charge is 0.554 e. The molecule has 7 nitrogen and oxygen atoms in total. The van der Waals surface area contributed by atoms with Crippen LogP contribution in [0.5, 0.6) is 0 Å². The molecule has 8 heteroatoms. The third kappa shape index (κ3) is 88.7. The van der Waals surface area contributed by atoms with Crippen molar-refractivity contribution < 1.29 is 52.2 Å². The van der Waals surface area contributed by atoms with Crippen molar-refractivity contribution in [2.24, 2.45) is 0 Å². The summed E-state index contributed by atoms with van der Waals surface area (Å²) in [5.74, 6) is 0. The minimum atomic E-state index is -0.954. The van der Waals surface area contributed by atoms with Gasteiger partial charge in [-0.3, -0.25) is 0 Å². The van der Waals surface area contributed by atoms with Crippen LogP contribution in [0.15, 0.2) is 0 Å². The first kappa shape index (κ1) is 22.8. The van der Waals surface area contributed by atoms with Gasteiger partial charge in [0, 0.05) is 12.9 Å². The van der Waals surface area contributed by atoms with Gasteiger partial charge in [-0.2, -0.15) is 0 Å². The number of hydrogen-bond acceptors (Lipinski definition) is 7. The van der Waals surface area contributed by atoms with E-state index in [1.165, 1.54) is 0 Å². The van der Waals surface area contributed by atoms with E-state index in [1.54, 1.807) is 0 Å². The fraction of sp³-hybridized carbons (Fsp3) is 0.600. The molecule has 0 saturated heterocycles. The second-order valence-electron chi connectivity index (χ2n) is 1.21. The molecule has 13 heavy (non-hydrogen) atoms. The SMILES string of the molecule is O=C[O-].O=C[O-].OCC(O)CO.[Cu+2]. The molecule has 83 valence electrons. The Kier molecular flexibility index (Phi) is 52.9. The van der Waals surface area contributed by atoms with Gasteiger partial charge in [-0.15, -0.1) is 0 Å². The van der Waals surface area contributed by atoms with Gasteiger partial charge >= 0.3 is 17.1 Å². The van der Waals surface area contributed by atoms with Gasteiger partial charge in [-0.1, -0.05) is 0 Å². The second kappa shape index (κ2) is 30.2. The zero-order chi connectivity index (χ0) is 10.4. The van der Waals surface area contributed by atoms with Gasteiger partial charge in [-0.05, 0) is 0 Å². The molecule has 0 spiro atoms. The molecule has 0 atom stereocenters. The topological polar surface area (TPSA) is 141 Å². The predicted octanol–water partition coefficient (Wildman–Crippen LogP) is -4.94. The minimum Gasteiger partial charge on any atom is -0.554 e. The van der Waals surface area contributed by atoms with Crippen molar-refractivity contribution in [3.05, 3.63) is 0 Å². The molecule has 0 bridgehead atoms. The van der Waals surface area contributed by atoms with Crippen LogP contribution in [0.4, 0.5) is 0 Å². The van der Waals surface area contributed by atoms with Crippen LogP contribution in [0.1, 0.15) is 0 Å². The summed E-state index contributed by atoms with van der Waals surface area (Å²) in [6.07, 6.45) is -0.954. The molecule has 0 aliphatic heterocycles. The van der Waals surface area contributed by atoms with Crippen molar-refractivity contribution >= 4 is 12.9 Å². The van der Waals surface area contributed by atoms with Crippen molar-refractivity contribution in [2.45, 2.75) is 6.10 Å². The Morgan fingerprint density at radius 3 is 1.23 bits per heavy atom. The molecule has 0 aromatic carbocycles. The Balaban J connectivity index is -0.0000000501. The summed E-state index contributed by atoms with van der Waals surface area (Å²) in [5.41, 5.74) is 0. The monoisotopic (exact) mass is 245 g/mol. The maximum atomic E-state index is 8.25. The normalized spacial score (nSPS) is 6.46. The molecule has 3 N–H and O–H groups in total. The van der Waals surface area contributed by atoms with Gasteiger partial charge in [-0.25, -0.2) is 0 Å². The summed E-state index contributed by atoms with van der Waals surface area (Å²) >= 11 is 0. The van der Waals surface area contributed by atoms with E-state index in [9.17, 15) is 0 Å². The molecule has 0 aromatic heterocycles. The molecule has 0 heterocycles. The van der Waals surface area contributed by atoms with Crippen molar-refractivity contribution in [1.82, 2.24) is 0 Å². The predicted molar refractivity (Wildman–Crippen MR) is 32.3 cm³/mol. The number of rotatable bonds is 2. The van der Waals surface area contributed by atoms with Crippen molar-refractivity contribution in [3.8, 4) is 0 Å². The maximum absolute atomic E-state index is 8.25. The van der Waals surface area contributed by atoms with E-state index < -0.39 is 19.0 Å². The van der Waals surface area contributed by atoms with Gasteiger partial charge in [0.2, 0.25) is 0 Å². The molecule has 0 aromatic rings. The molecule has 1 radical (unpaired) electrons. The number of carboxylic acid groups (broad SMARTS) is 2. The fourth-order valence-corrected chi connectivity index (χ4v) is 0.0577. The molecule has 0 amide bonds. The van der Waals surface area contributed by atoms with Gasteiger partial charge in [0.1, 0.15) is 6.10 Å². The number of carbonyl (C=O) groups is 2. The number of aliphatic hydroxyl groups is 3. The summed E-state index contributed by atoms with van der Waals surface area (Å²) in [5, 5.41) is 40.5. The number of hydrogen-bond donors (Lipinski definition) is 3. The zero-order valence-corrected chi connectivity index (χ0v) is 7.36. The molecule has 0 rings (SSSR count). The second-order valence-corrected chi connectivity index (χ2v) is 1.21. The molecular weight excluding hydrogens is 236 g/mol. The summed E-state index contributed by atoms with van der Waals surface area (Å²) in [6.45, 7) is -1.73. The molecule has 0 aliphatic rings. The van der Waals surface area contributed by atoms with E-state index in [0.29, 0.717) is 0 Å². The van der Waals surface area contributed by atoms with Crippen LogP contribution in [0.3, 0.4) is 0 Å². The van der Waals surface area contributed by atoms with E-state index >= 15 is 0 Å².